The van der Waals surface area contributed by atoms with Gasteiger partial charge in [-0.15, -0.1) is 11.6 Å². The van der Waals surface area contributed by atoms with Gasteiger partial charge in [0, 0.05) is 12.9 Å². The molecule has 0 aliphatic heterocycles. The lowest BCUT2D eigenvalue weighted by Crippen LogP contribution is -2.46. The fraction of sp³-hybridized carbons (Fsp3) is 0.417. The summed E-state index contributed by atoms with van der Waals surface area (Å²) < 4.78 is 39.3. The van der Waals surface area contributed by atoms with Crippen molar-refractivity contribution in [2.45, 2.75) is 19.4 Å². The van der Waals surface area contributed by atoms with Crippen LogP contribution in [0.25, 0.3) is 0 Å². The molecule has 0 heterocycles. The summed E-state index contributed by atoms with van der Waals surface area (Å²) in [5.74, 6) is -5.10. The van der Waals surface area contributed by atoms with Gasteiger partial charge in [0.15, 0.2) is 17.5 Å². The van der Waals surface area contributed by atoms with Crippen molar-refractivity contribution < 1.29 is 18.0 Å². The Labute approximate surface area is 108 Å². The van der Waals surface area contributed by atoms with Crippen LogP contribution in [-0.2, 0) is 0 Å². The Hall–Kier alpha value is -1.23. The van der Waals surface area contributed by atoms with Crippen LogP contribution in [0.2, 0.25) is 0 Å². The molecule has 0 atom stereocenters. The maximum Gasteiger partial charge on any atom is 0.257 e. The van der Waals surface area contributed by atoms with Gasteiger partial charge in [0.25, 0.3) is 5.91 Å². The zero-order chi connectivity index (χ0) is 14.1. The predicted octanol–water partition coefficient (Wildman–Crippen LogP) is 3.19. The molecule has 1 amide bonds. The molecule has 100 valence electrons. The smallest absolute Gasteiger partial charge is 0.257 e. The quantitative estimate of drug-likeness (QED) is 0.615. The van der Waals surface area contributed by atoms with Crippen LogP contribution >= 0.6 is 11.6 Å². The van der Waals surface area contributed by atoms with Gasteiger partial charge in [-0.3, -0.25) is 4.79 Å². The van der Waals surface area contributed by atoms with Crippen molar-refractivity contribution in [1.29, 1.82) is 0 Å². The first-order valence-corrected chi connectivity index (χ1v) is 5.73. The molecule has 0 N–H and O–H groups in total. The fourth-order valence-corrected chi connectivity index (χ4v) is 1.42. The predicted molar refractivity (Wildman–Crippen MR) is 63.2 cm³/mol. The molecule has 18 heavy (non-hydrogen) atoms. The molecule has 1 aromatic carbocycles. The molecule has 0 aliphatic rings. The third kappa shape index (κ3) is 2.61. The van der Waals surface area contributed by atoms with Gasteiger partial charge in [-0.1, -0.05) is 0 Å². The number of amides is 1. The van der Waals surface area contributed by atoms with Crippen LogP contribution in [0.5, 0.6) is 0 Å². The Morgan fingerprint density at radius 3 is 2.33 bits per heavy atom. The van der Waals surface area contributed by atoms with Crippen LogP contribution in [-0.4, -0.2) is 29.3 Å². The van der Waals surface area contributed by atoms with Gasteiger partial charge in [-0.25, -0.2) is 13.2 Å². The summed E-state index contributed by atoms with van der Waals surface area (Å²) in [5, 5.41) is 0. The molecule has 1 rings (SSSR count). The van der Waals surface area contributed by atoms with Crippen molar-refractivity contribution in [3.63, 3.8) is 0 Å². The zero-order valence-corrected chi connectivity index (χ0v) is 11.0. The third-order valence-corrected chi connectivity index (χ3v) is 3.46. The van der Waals surface area contributed by atoms with E-state index in [2.05, 4.69) is 0 Å². The topological polar surface area (TPSA) is 20.3 Å². The molecular formula is C12H13ClF3NO. The van der Waals surface area contributed by atoms with Crippen molar-refractivity contribution >= 4 is 17.5 Å². The standard InChI is InChI=1S/C12H13ClF3NO/c1-12(2,6-13)17(3)11(18)7-4-5-8(14)10(16)9(7)15/h4-5H,6H2,1-3H3. The highest BCUT2D eigenvalue weighted by Crippen LogP contribution is 2.21. The van der Waals surface area contributed by atoms with E-state index in [0.717, 1.165) is 6.07 Å². The monoisotopic (exact) mass is 279 g/mol. The van der Waals surface area contributed by atoms with Crippen molar-refractivity contribution in [2.24, 2.45) is 0 Å². The number of alkyl halides is 1. The Morgan fingerprint density at radius 1 is 1.28 bits per heavy atom. The number of benzene rings is 1. The number of hydrogen-bond donors (Lipinski definition) is 0. The maximum atomic E-state index is 13.5. The normalized spacial score (nSPS) is 11.5. The fourth-order valence-electron chi connectivity index (χ4n) is 1.24. The Kier molecular flexibility index (Phi) is 4.27. The van der Waals surface area contributed by atoms with Gasteiger partial charge in [0.05, 0.1) is 11.1 Å². The number of carbonyl (C=O) groups is 1. The van der Waals surface area contributed by atoms with E-state index in [1.165, 1.54) is 11.9 Å². The molecule has 0 spiro atoms. The van der Waals surface area contributed by atoms with Gasteiger partial charge in [0.1, 0.15) is 0 Å². The number of rotatable bonds is 3. The van der Waals surface area contributed by atoms with Crippen LogP contribution in [0.3, 0.4) is 0 Å². The van der Waals surface area contributed by atoms with E-state index < -0.39 is 34.5 Å². The van der Waals surface area contributed by atoms with E-state index in [9.17, 15) is 18.0 Å². The summed E-state index contributed by atoms with van der Waals surface area (Å²) in [7, 11) is 1.42. The van der Waals surface area contributed by atoms with Crippen molar-refractivity contribution in [3.8, 4) is 0 Å². The van der Waals surface area contributed by atoms with Gasteiger partial charge in [0.2, 0.25) is 0 Å². The largest absolute Gasteiger partial charge is 0.335 e. The maximum absolute atomic E-state index is 13.5. The van der Waals surface area contributed by atoms with Gasteiger partial charge < -0.3 is 4.90 Å². The molecule has 0 aromatic heterocycles. The molecule has 0 radical (unpaired) electrons. The molecule has 0 saturated heterocycles. The highest BCUT2D eigenvalue weighted by molar-refractivity contribution is 6.18. The second kappa shape index (κ2) is 5.18. The van der Waals surface area contributed by atoms with Gasteiger partial charge >= 0.3 is 0 Å². The number of carbonyl (C=O) groups excluding carboxylic acids is 1. The highest BCUT2D eigenvalue weighted by Gasteiger charge is 2.30. The average Bonchev–Trinajstić information content (AvgIpc) is 2.34. The molecular weight excluding hydrogens is 267 g/mol. The zero-order valence-electron chi connectivity index (χ0n) is 10.2. The number of halogens is 4. The number of hydrogen-bond acceptors (Lipinski definition) is 1. The van der Waals surface area contributed by atoms with Crippen LogP contribution in [0.1, 0.15) is 24.2 Å². The van der Waals surface area contributed by atoms with Crippen LogP contribution in [0, 0.1) is 17.5 Å². The Morgan fingerprint density at radius 2 is 1.83 bits per heavy atom. The minimum atomic E-state index is -1.65. The van der Waals surface area contributed by atoms with Crippen molar-refractivity contribution in [1.82, 2.24) is 4.90 Å². The molecule has 0 aliphatic carbocycles. The SMILES string of the molecule is CN(C(=O)c1ccc(F)c(F)c1F)C(C)(C)CCl. The molecule has 1 aromatic rings. The molecule has 0 fully saturated rings. The minimum Gasteiger partial charge on any atom is -0.335 e. The summed E-state index contributed by atoms with van der Waals surface area (Å²) in [6.45, 7) is 3.35. The van der Waals surface area contributed by atoms with Crippen molar-refractivity contribution in [3.05, 3.63) is 35.1 Å². The summed E-state index contributed by atoms with van der Waals surface area (Å²) in [5.41, 5.74) is -1.25. The van der Waals surface area contributed by atoms with Crippen LogP contribution in [0.4, 0.5) is 13.2 Å². The highest BCUT2D eigenvalue weighted by atomic mass is 35.5. The first kappa shape index (κ1) is 14.8. The van der Waals surface area contributed by atoms with E-state index >= 15 is 0 Å². The lowest BCUT2D eigenvalue weighted by atomic mass is 10.0. The third-order valence-electron chi connectivity index (χ3n) is 2.81. The average molecular weight is 280 g/mol. The second-order valence-electron chi connectivity index (χ2n) is 4.53. The first-order valence-electron chi connectivity index (χ1n) is 5.20. The van der Waals surface area contributed by atoms with Gasteiger partial charge in [-0.05, 0) is 26.0 Å². The van der Waals surface area contributed by atoms with E-state index in [1.54, 1.807) is 13.8 Å². The van der Waals surface area contributed by atoms with E-state index in [-0.39, 0.29) is 5.88 Å². The molecule has 0 saturated carbocycles. The Balaban J connectivity index is 3.17. The summed E-state index contributed by atoms with van der Waals surface area (Å²) >= 11 is 5.69. The molecule has 0 bridgehead atoms. The van der Waals surface area contributed by atoms with Crippen LogP contribution in [0.15, 0.2) is 12.1 Å². The van der Waals surface area contributed by atoms with Gasteiger partial charge in [-0.2, -0.15) is 0 Å². The second-order valence-corrected chi connectivity index (χ2v) is 4.80. The van der Waals surface area contributed by atoms with Crippen LogP contribution < -0.4 is 0 Å². The molecule has 0 unspecified atom stereocenters. The lowest BCUT2D eigenvalue weighted by Gasteiger charge is -2.34. The summed E-state index contributed by atoms with van der Waals surface area (Å²) in [6.07, 6.45) is 0. The molecule has 6 heteroatoms. The van der Waals surface area contributed by atoms with E-state index in [4.69, 9.17) is 11.6 Å². The Bertz CT molecular complexity index is 477. The van der Waals surface area contributed by atoms with Crippen molar-refractivity contribution in [2.75, 3.05) is 12.9 Å². The van der Waals surface area contributed by atoms with E-state index in [0.29, 0.717) is 6.07 Å². The minimum absolute atomic E-state index is 0.126. The first-order chi connectivity index (χ1) is 8.22. The number of nitrogens with zero attached hydrogens (tertiary/aromatic N) is 1. The van der Waals surface area contributed by atoms with E-state index in [1.807, 2.05) is 0 Å². The lowest BCUT2D eigenvalue weighted by molar-refractivity contribution is 0.0654. The molecule has 2 nitrogen and oxygen atoms in total. The summed E-state index contributed by atoms with van der Waals surface area (Å²) in [4.78, 5) is 13.2. The summed E-state index contributed by atoms with van der Waals surface area (Å²) in [6, 6.07) is 1.63.